The minimum Gasteiger partial charge on any atom is -0.481 e. The van der Waals surface area contributed by atoms with E-state index in [-0.39, 0.29) is 18.6 Å². The molecule has 2 aliphatic rings. The van der Waals surface area contributed by atoms with E-state index in [1.165, 1.54) is 0 Å². The number of hydrogen-bond donors (Lipinski definition) is 2. The summed E-state index contributed by atoms with van der Waals surface area (Å²) in [6.07, 6.45) is 0.886. The van der Waals surface area contributed by atoms with Crippen LogP contribution < -0.4 is 0 Å². The lowest BCUT2D eigenvalue weighted by atomic mass is 9.99. The summed E-state index contributed by atoms with van der Waals surface area (Å²) in [5, 5.41) is 18.1. The predicted molar refractivity (Wildman–Crippen MR) is 77.0 cm³/mol. The zero-order valence-electron chi connectivity index (χ0n) is 12.6. The Bertz CT molecular complexity index is 390. The molecule has 2 fully saturated rings. The second kappa shape index (κ2) is 7.09. The molecule has 2 N–H and O–H groups in total. The zero-order chi connectivity index (χ0) is 15.4. The van der Waals surface area contributed by atoms with Crippen molar-refractivity contribution in [3.8, 4) is 0 Å². The third-order valence-electron chi connectivity index (χ3n) is 4.48. The van der Waals surface area contributed by atoms with Gasteiger partial charge in [-0.2, -0.15) is 0 Å². The number of aliphatic hydroxyl groups is 1. The predicted octanol–water partition coefficient (Wildman–Crippen LogP) is -0.241. The van der Waals surface area contributed by atoms with Gasteiger partial charge in [0.05, 0.1) is 12.5 Å². The zero-order valence-corrected chi connectivity index (χ0v) is 12.6. The number of amides is 2. The van der Waals surface area contributed by atoms with Gasteiger partial charge in [-0.25, -0.2) is 4.79 Å². The van der Waals surface area contributed by atoms with E-state index in [0.29, 0.717) is 32.7 Å². The number of nitrogens with zero attached hydrogens (tertiary/aromatic N) is 3. The fourth-order valence-corrected chi connectivity index (χ4v) is 3.17. The van der Waals surface area contributed by atoms with Gasteiger partial charge in [-0.1, -0.05) is 6.92 Å². The molecule has 0 radical (unpaired) electrons. The first-order valence-corrected chi connectivity index (χ1v) is 7.62. The molecule has 2 aliphatic heterocycles. The van der Waals surface area contributed by atoms with Crippen LogP contribution in [0.2, 0.25) is 0 Å². The molecule has 2 heterocycles. The fraction of sp³-hybridized carbons (Fsp3) is 0.857. The number of aliphatic carboxylic acids is 1. The maximum Gasteiger partial charge on any atom is 0.320 e. The van der Waals surface area contributed by atoms with Crippen molar-refractivity contribution in [3.05, 3.63) is 0 Å². The highest BCUT2D eigenvalue weighted by atomic mass is 16.4. The van der Waals surface area contributed by atoms with Gasteiger partial charge in [-0.15, -0.1) is 0 Å². The molecule has 0 saturated carbocycles. The normalized spacial score (nSPS) is 27.7. The van der Waals surface area contributed by atoms with E-state index in [2.05, 4.69) is 4.90 Å². The molecule has 2 atom stereocenters. The summed E-state index contributed by atoms with van der Waals surface area (Å²) in [5.41, 5.74) is 0. The first-order chi connectivity index (χ1) is 10.0. The average molecular weight is 299 g/mol. The van der Waals surface area contributed by atoms with Crippen LogP contribution in [-0.4, -0.2) is 89.3 Å². The lowest BCUT2D eigenvalue weighted by Gasteiger charge is -2.27. The number of rotatable bonds is 3. The number of hydrogen-bond acceptors (Lipinski definition) is 4. The highest BCUT2D eigenvalue weighted by Crippen LogP contribution is 2.24. The second-order valence-corrected chi connectivity index (χ2v) is 6.02. The van der Waals surface area contributed by atoms with E-state index < -0.39 is 11.9 Å². The largest absolute Gasteiger partial charge is 0.481 e. The monoisotopic (exact) mass is 299 g/mol. The summed E-state index contributed by atoms with van der Waals surface area (Å²) in [6.45, 7) is 6.49. The van der Waals surface area contributed by atoms with Gasteiger partial charge in [0.1, 0.15) is 0 Å². The summed E-state index contributed by atoms with van der Waals surface area (Å²) >= 11 is 0. The Hall–Kier alpha value is -1.34. The van der Waals surface area contributed by atoms with Crippen molar-refractivity contribution in [1.82, 2.24) is 14.7 Å². The lowest BCUT2D eigenvalue weighted by Crippen LogP contribution is -2.44. The molecule has 2 saturated heterocycles. The van der Waals surface area contributed by atoms with Crippen molar-refractivity contribution < 1.29 is 19.8 Å². The van der Waals surface area contributed by atoms with Crippen LogP contribution in [0.4, 0.5) is 4.79 Å². The molecule has 7 heteroatoms. The van der Waals surface area contributed by atoms with Crippen LogP contribution in [-0.2, 0) is 4.79 Å². The number of β-amino-alcohol motifs (C(OH)–C–C–N with tert-alkyl or cyclic N) is 1. The van der Waals surface area contributed by atoms with E-state index in [0.717, 1.165) is 19.5 Å². The topological polar surface area (TPSA) is 84.3 Å². The van der Waals surface area contributed by atoms with Crippen molar-refractivity contribution in [2.75, 3.05) is 52.4 Å². The van der Waals surface area contributed by atoms with Gasteiger partial charge in [-0.3, -0.25) is 9.69 Å². The van der Waals surface area contributed by atoms with Crippen molar-refractivity contribution in [3.63, 3.8) is 0 Å². The average Bonchev–Trinajstić information content (AvgIpc) is 2.68. The molecular formula is C14H25N3O4. The lowest BCUT2D eigenvalue weighted by molar-refractivity contribution is -0.142. The number of urea groups is 1. The molecule has 120 valence electrons. The van der Waals surface area contributed by atoms with Gasteiger partial charge in [0, 0.05) is 39.3 Å². The third kappa shape index (κ3) is 3.85. The van der Waals surface area contributed by atoms with Gasteiger partial charge in [-0.05, 0) is 18.9 Å². The van der Waals surface area contributed by atoms with E-state index in [1.54, 1.807) is 4.90 Å². The van der Waals surface area contributed by atoms with Crippen LogP contribution in [0.15, 0.2) is 0 Å². The van der Waals surface area contributed by atoms with Crippen LogP contribution in [0.5, 0.6) is 0 Å². The second-order valence-electron chi connectivity index (χ2n) is 6.02. The van der Waals surface area contributed by atoms with Gasteiger partial charge in [0.25, 0.3) is 0 Å². The molecule has 2 amide bonds. The molecule has 0 unspecified atom stereocenters. The fourth-order valence-electron chi connectivity index (χ4n) is 3.17. The number of carbonyl (C=O) groups excluding carboxylic acids is 1. The highest BCUT2D eigenvalue weighted by molar-refractivity contribution is 5.77. The number of carbonyl (C=O) groups is 2. The van der Waals surface area contributed by atoms with Crippen molar-refractivity contribution in [1.29, 1.82) is 0 Å². The Morgan fingerprint density at radius 1 is 1.10 bits per heavy atom. The Kier molecular flexibility index (Phi) is 5.41. The number of carboxylic acids is 1. The molecular weight excluding hydrogens is 274 g/mol. The Morgan fingerprint density at radius 2 is 1.86 bits per heavy atom. The van der Waals surface area contributed by atoms with Gasteiger partial charge >= 0.3 is 12.0 Å². The number of likely N-dealkylation sites (tertiary alicyclic amines) is 1. The van der Waals surface area contributed by atoms with Crippen molar-refractivity contribution in [2.45, 2.75) is 13.3 Å². The smallest absolute Gasteiger partial charge is 0.320 e. The molecule has 0 spiro atoms. The quantitative estimate of drug-likeness (QED) is 0.751. The summed E-state index contributed by atoms with van der Waals surface area (Å²) in [6, 6.07) is -0.0450. The molecule has 2 rings (SSSR count). The maximum atomic E-state index is 12.5. The molecule has 7 nitrogen and oxygen atoms in total. The number of aliphatic hydroxyl groups excluding tert-OH is 1. The molecule has 0 aromatic carbocycles. The molecule has 0 bridgehead atoms. The minimum atomic E-state index is -0.817. The molecule has 21 heavy (non-hydrogen) atoms. The van der Waals surface area contributed by atoms with Crippen LogP contribution in [0.1, 0.15) is 13.3 Å². The van der Waals surface area contributed by atoms with Crippen LogP contribution >= 0.6 is 0 Å². The summed E-state index contributed by atoms with van der Waals surface area (Å²) in [5.74, 6) is -1.26. The standard InChI is InChI=1S/C14H25N3O4/c1-11-9-17(10-12(11)13(19)20)14(21)16-4-2-3-15(5-6-16)7-8-18/h11-12,18H,2-10H2,1H3,(H,19,20)/t11-,12-/m1/s1. The van der Waals surface area contributed by atoms with E-state index in [4.69, 9.17) is 10.2 Å². The van der Waals surface area contributed by atoms with Gasteiger partial charge in [0.2, 0.25) is 0 Å². The Balaban J connectivity index is 1.90. The Labute approximate surface area is 125 Å². The van der Waals surface area contributed by atoms with Gasteiger partial charge in [0.15, 0.2) is 0 Å². The SMILES string of the molecule is C[C@@H]1CN(C(=O)N2CCCN(CCO)CC2)C[C@H]1C(=O)O. The molecule has 0 aromatic heterocycles. The van der Waals surface area contributed by atoms with E-state index in [9.17, 15) is 9.59 Å². The maximum absolute atomic E-state index is 12.5. The number of carboxylic acid groups (broad SMARTS) is 1. The minimum absolute atomic E-state index is 0.00400. The first-order valence-electron chi connectivity index (χ1n) is 7.62. The van der Waals surface area contributed by atoms with Crippen LogP contribution in [0, 0.1) is 11.8 Å². The van der Waals surface area contributed by atoms with Crippen molar-refractivity contribution in [2.24, 2.45) is 11.8 Å². The summed E-state index contributed by atoms with van der Waals surface area (Å²) in [4.78, 5) is 29.3. The molecule has 0 aromatic rings. The Morgan fingerprint density at radius 3 is 2.48 bits per heavy atom. The van der Waals surface area contributed by atoms with Crippen molar-refractivity contribution >= 4 is 12.0 Å². The summed E-state index contributed by atoms with van der Waals surface area (Å²) < 4.78 is 0. The van der Waals surface area contributed by atoms with Gasteiger partial charge < -0.3 is 20.0 Å². The van der Waals surface area contributed by atoms with E-state index in [1.807, 2.05) is 11.8 Å². The first kappa shape index (κ1) is 16.0. The third-order valence-corrected chi connectivity index (χ3v) is 4.48. The summed E-state index contributed by atoms with van der Waals surface area (Å²) in [7, 11) is 0. The highest BCUT2D eigenvalue weighted by Gasteiger charge is 2.38. The molecule has 0 aliphatic carbocycles. The van der Waals surface area contributed by atoms with E-state index >= 15 is 0 Å². The van der Waals surface area contributed by atoms with Crippen LogP contribution in [0.25, 0.3) is 0 Å². The van der Waals surface area contributed by atoms with Crippen LogP contribution in [0.3, 0.4) is 0 Å².